The van der Waals surface area contributed by atoms with Gasteiger partial charge in [0.25, 0.3) is 0 Å². The van der Waals surface area contributed by atoms with Crippen molar-refractivity contribution in [1.29, 1.82) is 15.8 Å². The molecule has 9 rings (SSSR count). The monoisotopic (exact) mass is 635 g/mol. The maximum absolute atomic E-state index is 10.3. The molecule has 5 heteroatoms. The van der Waals surface area contributed by atoms with Gasteiger partial charge in [0.1, 0.15) is 6.07 Å². The molecule has 0 aliphatic carbocycles. The molecule has 0 aliphatic heterocycles. The van der Waals surface area contributed by atoms with Crippen molar-refractivity contribution >= 4 is 43.6 Å². The zero-order valence-corrected chi connectivity index (χ0v) is 26.7. The van der Waals surface area contributed by atoms with Crippen molar-refractivity contribution in [3.05, 3.63) is 168 Å². The highest BCUT2D eigenvalue weighted by Gasteiger charge is 2.20. The second-order valence-electron chi connectivity index (χ2n) is 12.3. The normalized spacial score (nSPS) is 11.1. The number of fused-ring (bicyclic) bond motifs is 6. The van der Waals surface area contributed by atoms with Gasteiger partial charge in [0.05, 0.1) is 56.6 Å². The molecule has 0 saturated carbocycles. The minimum atomic E-state index is 0.563. The zero-order valence-electron chi connectivity index (χ0n) is 26.7. The van der Waals surface area contributed by atoms with E-state index in [4.69, 9.17) is 0 Å². The smallest absolute Gasteiger partial charge is 0.101 e. The SMILES string of the molecule is N#Cc1ccc2c(c1)c1ccccc1n2-c1ccc(-c2ccc(-c3c(C#N)cccc3-n3c4ccccc4c4cccc(C#N)c43)cc2)cc1. The van der Waals surface area contributed by atoms with Crippen molar-refractivity contribution in [2.75, 3.05) is 0 Å². The van der Waals surface area contributed by atoms with Gasteiger partial charge < -0.3 is 9.13 Å². The van der Waals surface area contributed by atoms with Crippen LogP contribution in [-0.2, 0) is 0 Å². The summed E-state index contributed by atoms with van der Waals surface area (Å²) in [5.74, 6) is 0. The van der Waals surface area contributed by atoms with E-state index in [0.717, 1.165) is 77.2 Å². The van der Waals surface area contributed by atoms with Gasteiger partial charge in [-0.25, -0.2) is 0 Å². The second-order valence-corrected chi connectivity index (χ2v) is 12.3. The van der Waals surface area contributed by atoms with Crippen LogP contribution < -0.4 is 0 Å². The number of hydrogen-bond donors (Lipinski definition) is 0. The van der Waals surface area contributed by atoms with Crippen molar-refractivity contribution in [3.8, 4) is 51.8 Å². The largest absolute Gasteiger partial charge is 0.309 e. The van der Waals surface area contributed by atoms with E-state index in [1.54, 1.807) is 0 Å². The third-order valence-electron chi connectivity index (χ3n) is 9.65. The van der Waals surface area contributed by atoms with E-state index >= 15 is 0 Å². The molecule has 50 heavy (non-hydrogen) atoms. The molecule has 5 nitrogen and oxygen atoms in total. The van der Waals surface area contributed by atoms with Crippen LogP contribution >= 0.6 is 0 Å². The number of aromatic nitrogens is 2. The number of hydrogen-bond acceptors (Lipinski definition) is 3. The molecule has 9 aromatic rings. The predicted octanol–water partition coefficient (Wildman–Crippen LogP) is 10.8. The van der Waals surface area contributed by atoms with Gasteiger partial charge in [-0.15, -0.1) is 0 Å². The Morgan fingerprint density at radius 3 is 1.66 bits per heavy atom. The summed E-state index contributed by atoms with van der Waals surface area (Å²) in [6.45, 7) is 0. The van der Waals surface area contributed by atoms with Crippen molar-refractivity contribution in [1.82, 2.24) is 9.13 Å². The summed E-state index contributed by atoms with van der Waals surface area (Å²) in [7, 11) is 0. The van der Waals surface area contributed by atoms with E-state index in [2.05, 4.69) is 106 Å². The molecular weight excluding hydrogens is 611 g/mol. The molecule has 7 aromatic carbocycles. The van der Waals surface area contributed by atoms with Crippen LogP contribution in [0.15, 0.2) is 152 Å². The topological polar surface area (TPSA) is 81.2 Å². The van der Waals surface area contributed by atoms with E-state index in [0.29, 0.717) is 16.7 Å². The Bertz CT molecular complexity index is 2940. The van der Waals surface area contributed by atoms with Crippen LogP contribution in [0.5, 0.6) is 0 Å². The highest BCUT2D eigenvalue weighted by Crippen LogP contribution is 2.39. The third-order valence-corrected chi connectivity index (χ3v) is 9.65. The average molecular weight is 636 g/mol. The minimum absolute atomic E-state index is 0.563. The Hall–Kier alpha value is -7.39. The van der Waals surface area contributed by atoms with E-state index in [-0.39, 0.29) is 0 Å². The summed E-state index contributed by atoms with van der Waals surface area (Å²) < 4.78 is 4.37. The lowest BCUT2D eigenvalue weighted by molar-refractivity contribution is 1.17. The highest BCUT2D eigenvalue weighted by atomic mass is 15.0. The Balaban J connectivity index is 1.14. The Kier molecular flexibility index (Phi) is 6.56. The first kappa shape index (κ1) is 28.8. The molecule has 230 valence electrons. The van der Waals surface area contributed by atoms with Crippen molar-refractivity contribution in [3.63, 3.8) is 0 Å². The third kappa shape index (κ3) is 4.31. The van der Waals surface area contributed by atoms with Crippen molar-refractivity contribution in [2.45, 2.75) is 0 Å². The zero-order chi connectivity index (χ0) is 33.8. The maximum Gasteiger partial charge on any atom is 0.101 e. The summed E-state index contributed by atoms with van der Waals surface area (Å²) >= 11 is 0. The van der Waals surface area contributed by atoms with Gasteiger partial charge in [-0.3, -0.25) is 0 Å². The molecular formula is C45H25N5. The molecule has 0 fully saturated rings. The van der Waals surface area contributed by atoms with Gasteiger partial charge in [0, 0.05) is 32.8 Å². The number of nitrogens with zero attached hydrogens (tertiary/aromatic N) is 5. The first-order valence-electron chi connectivity index (χ1n) is 16.3. The summed E-state index contributed by atoms with van der Waals surface area (Å²) in [4.78, 5) is 0. The van der Waals surface area contributed by atoms with Crippen LogP contribution in [0.3, 0.4) is 0 Å². The lowest BCUT2D eigenvalue weighted by Gasteiger charge is -2.16. The van der Waals surface area contributed by atoms with E-state index in [1.165, 1.54) is 0 Å². The maximum atomic E-state index is 10.3. The van der Waals surface area contributed by atoms with Crippen molar-refractivity contribution in [2.24, 2.45) is 0 Å². The second kappa shape index (κ2) is 11.4. The Labute approximate surface area is 287 Å². The quantitative estimate of drug-likeness (QED) is 0.193. The molecule has 0 radical (unpaired) electrons. The number of rotatable bonds is 4. The van der Waals surface area contributed by atoms with E-state index < -0.39 is 0 Å². The first-order chi connectivity index (χ1) is 24.7. The van der Waals surface area contributed by atoms with Gasteiger partial charge in [0.15, 0.2) is 0 Å². The van der Waals surface area contributed by atoms with Crippen LogP contribution in [0.4, 0.5) is 0 Å². The van der Waals surface area contributed by atoms with E-state index in [1.807, 2.05) is 72.8 Å². The van der Waals surface area contributed by atoms with Gasteiger partial charge >= 0.3 is 0 Å². The summed E-state index contributed by atoms with van der Waals surface area (Å²) in [5.41, 5.74) is 11.5. The molecule has 0 bridgehead atoms. The summed E-state index contributed by atoms with van der Waals surface area (Å²) in [5, 5.41) is 34.1. The highest BCUT2D eigenvalue weighted by molar-refractivity contribution is 6.12. The van der Waals surface area contributed by atoms with Crippen LogP contribution in [0.25, 0.3) is 77.2 Å². The van der Waals surface area contributed by atoms with Gasteiger partial charge in [-0.1, -0.05) is 91.0 Å². The fourth-order valence-corrected chi connectivity index (χ4v) is 7.43. The molecule has 0 saturated heterocycles. The number of nitriles is 3. The Morgan fingerprint density at radius 1 is 0.400 bits per heavy atom. The molecule has 2 heterocycles. The molecule has 0 N–H and O–H groups in total. The molecule has 0 spiro atoms. The Morgan fingerprint density at radius 2 is 0.960 bits per heavy atom. The van der Waals surface area contributed by atoms with Gasteiger partial charge in [-0.2, -0.15) is 15.8 Å². The molecule has 0 amide bonds. The summed E-state index contributed by atoms with van der Waals surface area (Å²) in [6.07, 6.45) is 0. The lowest BCUT2D eigenvalue weighted by Crippen LogP contribution is -2.00. The fourth-order valence-electron chi connectivity index (χ4n) is 7.43. The summed E-state index contributed by atoms with van der Waals surface area (Å²) in [6, 6.07) is 57.8. The number of para-hydroxylation sites is 3. The lowest BCUT2D eigenvalue weighted by atomic mass is 9.95. The van der Waals surface area contributed by atoms with Crippen LogP contribution in [-0.4, -0.2) is 9.13 Å². The van der Waals surface area contributed by atoms with Crippen LogP contribution in [0.2, 0.25) is 0 Å². The molecule has 0 atom stereocenters. The molecule has 2 aromatic heterocycles. The fraction of sp³-hybridized carbons (Fsp3) is 0. The predicted molar refractivity (Wildman–Crippen MR) is 200 cm³/mol. The number of benzene rings is 7. The van der Waals surface area contributed by atoms with Crippen molar-refractivity contribution < 1.29 is 0 Å². The first-order valence-corrected chi connectivity index (χ1v) is 16.3. The molecule has 0 aliphatic rings. The van der Waals surface area contributed by atoms with Gasteiger partial charge in [0.2, 0.25) is 0 Å². The van der Waals surface area contributed by atoms with Crippen LogP contribution in [0.1, 0.15) is 16.7 Å². The standard InChI is InChI=1S/C45H25N5/c46-26-29-15-24-42-39(25-29)37-10-2-3-12-40(37)49(42)35-22-20-31(21-23-35)30-16-18-32(19-17-30)44-33(27-47)7-6-14-43(44)50-41-13-4-1-9-36(41)38-11-5-8-34(28-48)45(38)50/h1-25H. The van der Waals surface area contributed by atoms with Crippen LogP contribution in [0, 0.1) is 34.0 Å². The average Bonchev–Trinajstić information content (AvgIpc) is 3.70. The van der Waals surface area contributed by atoms with E-state index in [9.17, 15) is 15.8 Å². The minimum Gasteiger partial charge on any atom is -0.309 e. The van der Waals surface area contributed by atoms with Gasteiger partial charge in [-0.05, 0) is 77.4 Å². The molecule has 0 unspecified atom stereocenters.